The summed E-state index contributed by atoms with van der Waals surface area (Å²) in [5.74, 6) is 3.04. The molecule has 2 N–H and O–H groups in total. The number of rotatable bonds is 5. The minimum atomic E-state index is -0.0216. The lowest BCUT2D eigenvalue weighted by atomic mass is 10.0. The van der Waals surface area contributed by atoms with Gasteiger partial charge in [-0.1, -0.05) is 0 Å². The molecule has 1 saturated heterocycles. The van der Waals surface area contributed by atoms with Crippen molar-refractivity contribution in [3.8, 4) is 0 Å². The number of amides is 1. The van der Waals surface area contributed by atoms with Gasteiger partial charge in [-0.15, -0.1) is 0 Å². The summed E-state index contributed by atoms with van der Waals surface area (Å²) in [6.07, 6.45) is 4.08. The number of anilines is 1. The summed E-state index contributed by atoms with van der Waals surface area (Å²) in [6, 6.07) is 1.93. The normalized spacial score (nSPS) is 15.9. The fourth-order valence-electron chi connectivity index (χ4n) is 2.36. The number of aryl methyl sites for hydroxylation is 1. The first-order valence-electron chi connectivity index (χ1n) is 7.27. The number of nitrogens with one attached hydrogen (secondary N) is 2. The molecule has 0 aromatic carbocycles. The molecule has 110 valence electrons. The van der Waals surface area contributed by atoms with Gasteiger partial charge in [0.05, 0.1) is 11.3 Å². The third-order valence-electron chi connectivity index (χ3n) is 3.54. The Kier molecular flexibility index (Phi) is 5.71. The van der Waals surface area contributed by atoms with Gasteiger partial charge in [-0.05, 0) is 50.2 Å². The molecule has 1 aliphatic heterocycles. The summed E-state index contributed by atoms with van der Waals surface area (Å²) in [5, 5.41) is 6.29. The Labute approximate surface area is 125 Å². The fraction of sp³-hybridized carbons (Fsp3) is 0.600. The van der Waals surface area contributed by atoms with E-state index in [2.05, 4.69) is 15.6 Å². The highest BCUT2D eigenvalue weighted by atomic mass is 32.2. The van der Waals surface area contributed by atoms with Crippen LogP contribution in [0.3, 0.4) is 0 Å². The second kappa shape index (κ2) is 7.53. The Morgan fingerprint density at radius 3 is 2.90 bits per heavy atom. The maximum atomic E-state index is 12.3. The van der Waals surface area contributed by atoms with Crippen molar-refractivity contribution in [1.82, 2.24) is 10.3 Å². The zero-order valence-corrected chi connectivity index (χ0v) is 13.1. The summed E-state index contributed by atoms with van der Waals surface area (Å²) >= 11 is 2.01. The molecule has 2 rings (SSSR count). The summed E-state index contributed by atoms with van der Waals surface area (Å²) in [7, 11) is 0. The first kappa shape index (κ1) is 15.2. The van der Waals surface area contributed by atoms with Gasteiger partial charge in [0, 0.05) is 25.0 Å². The highest BCUT2D eigenvalue weighted by molar-refractivity contribution is 7.99. The van der Waals surface area contributed by atoms with Crippen LogP contribution >= 0.6 is 11.8 Å². The average Bonchev–Trinajstić information content (AvgIpc) is 2.46. The molecule has 1 fully saturated rings. The molecule has 0 spiro atoms. The van der Waals surface area contributed by atoms with Gasteiger partial charge < -0.3 is 10.6 Å². The summed E-state index contributed by atoms with van der Waals surface area (Å²) in [5.41, 5.74) is 2.43. The number of carbonyl (C=O) groups excluding carboxylic acids is 1. The molecule has 0 bridgehead atoms. The summed E-state index contributed by atoms with van der Waals surface area (Å²) in [6.45, 7) is 5.53. The van der Waals surface area contributed by atoms with Gasteiger partial charge in [0.2, 0.25) is 0 Å². The molecule has 5 heteroatoms. The number of hydrogen-bond donors (Lipinski definition) is 2. The van der Waals surface area contributed by atoms with E-state index in [-0.39, 0.29) is 5.91 Å². The lowest BCUT2D eigenvalue weighted by Crippen LogP contribution is -2.31. The Morgan fingerprint density at radius 1 is 1.45 bits per heavy atom. The molecule has 2 heterocycles. The lowest BCUT2D eigenvalue weighted by molar-refractivity contribution is 0.0947. The van der Waals surface area contributed by atoms with Crippen LogP contribution < -0.4 is 10.6 Å². The zero-order valence-electron chi connectivity index (χ0n) is 12.2. The molecular weight excluding hydrogens is 270 g/mol. The van der Waals surface area contributed by atoms with Crippen LogP contribution in [0.1, 0.15) is 35.8 Å². The van der Waals surface area contributed by atoms with Gasteiger partial charge in [0.1, 0.15) is 0 Å². The number of pyridine rings is 1. The van der Waals surface area contributed by atoms with E-state index in [9.17, 15) is 4.79 Å². The molecule has 0 atom stereocenters. The van der Waals surface area contributed by atoms with Crippen LogP contribution in [0.2, 0.25) is 0 Å². The van der Waals surface area contributed by atoms with Crippen LogP contribution in [0.15, 0.2) is 12.3 Å². The Hall–Kier alpha value is -1.23. The van der Waals surface area contributed by atoms with Gasteiger partial charge >= 0.3 is 0 Å². The predicted octanol–water partition coefficient (Wildman–Crippen LogP) is 2.69. The maximum Gasteiger partial charge on any atom is 0.254 e. The van der Waals surface area contributed by atoms with Crippen molar-refractivity contribution in [1.29, 1.82) is 0 Å². The minimum absolute atomic E-state index is 0.0216. The molecule has 0 aliphatic carbocycles. The van der Waals surface area contributed by atoms with Crippen LogP contribution in [0.25, 0.3) is 0 Å². The van der Waals surface area contributed by atoms with E-state index < -0.39 is 0 Å². The van der Waals surface area contributed by atoms with E-state index in [4.69, 9.17) is 0 Å². The van der Waals surface area contributed by atoms with E-state index in [1.54, 1.807) is 6.20 Å². The molecule has 1 aliphatic rings. The molecule has 4 nitrogen and oxygen atoms in total. The van der Waals surface area contributed by atoms with E-state index in [0.29, 0.717) is 11.5 Å². The molecule has 1 aromatic heterocycles. The number of carbonyl (C=O) groups is 1. The molecule has 0 radical (unpaired) electrons. The number of aromatic nitrogens is 1. The summed E-state index contributed by atoms with van der Waals surface area (Å²) in [4.78, 5) is 16.5. The zero-order chi connectivity index (χ0) is 14.4. The van der Waals surface area contributed by atoms with E-state index in [1.165, 1.54) is 24.3 Å². The lowest BCUT2D eigenvalue weighted by Gasteiger charge is -2.21. The van der Waals surface area contributed by atoms with Crippen molar-refractivity contribution < 1.29 is 4.79 Å². The first-order chi connectivity index (χ1) is 9.70. The standard InChI is InChI=1S/C15H23N3OS/c1-3-16-14-8-11(2)17-10-13(14)15(19)18-9-12-4-6-20-7-5-12/h8,10,12H,3-7,9H2,1-2H3,(H,16,17)(H,18,19). The molecule has 0 saturated carbocycles. The minimum Gasteiger partial charge on any atom is -0.385 e. The average molecular weight is 293 g/mol. The monoisotopic (exact) mass is 293 g/mol. The Bertz CT molecular complexity index is 458. The van der Waals surface area contributed by atoms with E-state index in [0.717, 1.165) is 24.5 Å². The van der Waals surface area contributed by atoms with Crippen molar-refractivity contribution in [2.24, 2.45) is 5.92 Å². The van der Waals surface area contributed by atoms with Gasteiger partial charge in [-0.25, -0.2) is 0 Å². The first-order valence-corrected chi connectivity index (χ1v) is 8.42. The van der Waals surface area contributed by atoms with Crippen molar-refractivity contribution >= 4 is 23.4 Å². The number of nitrogens with zero attached hydrogens (tertiary/aromatic N) is 1. The van der Waals surface area contributed by atoms with Crippen molar-refractivity contribution in [2.75, 3.05) is 29.9 Å². The summed E-state index contributed by atoms with van der Waals surface area (Å²) < 4.78 is 0. The second-order valence-corrected chi connectivity index (χ2v) is 6.39. The molecule has 0 unspecified atom stereocenters. The molecule has 1 amide bonds. The van der Waals surface area contributed by atoms with Gasteiger partial charge in [-0.2, -0.15) is 11.8 Å². The van der Waals surface area contributed by atoms with Gasteiger partial charge in [0.25, 0.3) is 5.91 Å². The van der Waals surface area contributed by atoms with E-state index >= 15 is 0 Å². The Morgan fingerprint density at radius 2 is 2.20 bits per heavy atom. The second-order valence-electron chi connectivity index (χ2n) is 5.17. The highest BCUT2D eigenvalue weighted by Gasteiger charge is 2.17. The van der Waals surface area contributed by atoms with E-state index in [1.807, 2.05) is 31.7 Å². The van der Waals surface area contributed by atoms with Crippen LogP contribution in [-0.4, -0.2) is 35.5 Å². The highest BCUT2D eigenvalue weighted by Crippen LogP contribution is 2.22. The molecule has 1 aromatic rings. The quantitative estimate of drug-likeness (QED) is 0.876. The fourth-order valence-corrected chi connectivity index (χ4v) is 3.56. The SMILES string of the molecule is CCNc1cc(C)ncc1C(=O)NCC1CCSCC1. The van der Waals surface area contributed by atoms with Crippen molar-refractivity contribution in [3.05, 3.63) is 23.5 Å². The Balaban J connectivity index is 1.97. The van der Waals surface area contributed by atoms with Crippen molar-refractivity contribution in [3.63, 3.8) is 0 Å². The predicted molar refractivity (Wildman–Crippen MR) is 85.5 cm³/mol. The number of hydrogen-bond acceptors (Lipinski definition) is 4. The largest absolute Gasteiger partial charge is 0.385 e. The number of thioether (sulfide) groups is 1. The maximum absolute atomic E-state index is 12.3. The van der Waals surface area contributed by atoms with Crippen LogP contribution in [0, 0.1) is 12.8 Å². The van der Waals surface area contributed by atoms with Crippen molar-refractivity contribution in [2.45, 2.75) is 26.7 Å². The van der Waals surface area contributed by atoms with Crippen LogP contribution in [0.4, 0.5) is 5.69 Å². The van der Waals surface area contributed by atoms with Crippen LogP contribution in [-0.2, 0) is 0 Å². The van der Waals surface area contributed by atoms with Gasteiger partial charge in [-0.3, -0.25) is 9.78 Å². The third-order valence-corrected chi connectivity index (χ3v) is 4.59. The molecular formula is C15H23N3OS. The van der Waals surface area contributed by atoms with Crippen LogP contribution in [0.5, 0.6) is 0 Å². The smallest absolute Gasteiger partial charge is 0.254 e. The third kappa shape index (κ3) is 4.13. The topological polar surface area (TPSA) is 54.0 Å². The van der Waals surface area contributed by atoms with Gasteiger partial charge in [0.15, 0.2) is 0 Å². The molecule has 20 heavy (non-hydrogen) atoms.